The van der Waals surface area contributed by atoms with Crippen LogP contribution in [0.4, 0.5) is 5.69 Å². The SMILES string of the molecule is CN(C)CCN1C(=O)C(=O)/C(=C(/O)c2ccc3c(c2)OCCO3)C1c1cccc([N+](=O)[O-])c1. The molecular formula is C23H23N3O7. The van der Waals surface area contributed by atoms with E-state index in [-0.39, 0.29) is 29.1 Å². The lowest BCUT2D eigenvalue weighted by molar-refractivity contribution is -0.384. The number of hydrogen-bond acceptors (Lipinski definition) is 8. The normalized spacial score (nSPS) is 19.2. The number of aliphatic hydroxyl groups is 1. The number of hydrogen-bond donors (Lipinski definition) is 1. The van der Waals surface area contributed by atoms with Gasteiger partial charge >= 0.3 is 0 Å². The summed E-state index contributed by atoms with van der Waals surface area (Å²) >= 11 is 0. The van der Waals surface area contributed by atoms with Gasteiger partial charge in [0.25, 0.3) is 17.4 Å². The quantitative estimate of drug-likeness (QED) is 0.233. The van der Waals surface area contributed by atoms with E-state index in [0.717, 1.165) is 0 Å². The molecule has 1 fully saturated rings. The number of non-ortho nitro benzene ring substituents is 1. The lowest BCUT2D eigenvalue weighted by atomic mass is 9.95. The molecule has 10 heteroatoms. The molecule has 1 saturated heterocycles. The Labute approximate surface area is 189 Å². The molecule has 33 heavy (non-hydrogen) atoms. The molecule has 0 aliphatic carbocycles. The van der Waals surface area contributed by atoms with Crippen molar-refractivity contribution < 1.29 is 29.1 Å². The highest BCUT2D eigenvalue weighted by Gasteiger charge is 2.46. The fourth-order valence-electron chi connectivity index (χ4n) is 3.92. The van der Waals surface area contributed by atoms with Crippen molar-refractivity contribution in [2.75, 3.05) is 40.4 Å². The molecule has 0 aromatic heterocycles. The number of likely N-dealkylation sites (N-methyl/N-ethyl adjacent to an activating group) is 1. The van der Waals surface area contributed by atoms with E-state index in [0.29, 0.717) is 36.8 Å². The summed E-state index contributed by atoms with van der Waals surface area (Å²) in [4.78, 5) is 40.0. The van der Waals surface area contributed by atoms with Crippen molar-refractivity contribution in [1.82, 2.24) is 9.80 Å². The maximum atomic E-state index is 13.1. The van der Waals surface area contributed by atoms with E-state index in [1.165, 1.54) is 23.1 Å². The highest BCUT2D eigenvalue weighted by Crippen LogP contribution is 2.41. The number of amides is 1. The van der Waals surface area contributed by atoms with Gasteiger partial charge in [-0.25, -0.2) is 0 Å². The summed E-state index contributed by atoms with van der Waals surface area (Å²) in [5.74, 6) is -1.07. The molecule has 1 atom stereocenters. The van der Waals surface area contributed by atoms with E-state index in [4.69, 9.17) is 9.47 Å². The first-order valence-corrected chi connectivity index (χ1v) is 10.4. The van der Waals surface area contributed by atoms with Gasteiger partial charge in [0.1, 0.15) is 19.0 Å². The minimum absolute atomic E-state index is 0.129. The number of Topliss-reactive ketones (excluding diaryl/α,β-unsaturated/α-hetero) is 1. The van der Waals surface area contributed by atoms with Gasteiger partial charge < -0.3 is 24.4 Å². The molecule has 0 spiro atoms. The van der Waals surface area contributed by atoms with Crippen molar-refractivity contribution in [1.29, 1.82) is 0 Å². The predicted octanol–water partition coefficient (Wildman–Crippen LogP) is 2.35. The number of fused-ring (bicyclic) bond motifs is 1. The molecule has 0 bridgehead atoms. The molecule has 1 amide bonds. The van der Waals surface area contributed by atoms with Gasteiger partial charge in [0.15, 0.2) is 11.5 Å². The minimum Gasteiger partial charge on any atom is -0.507 e. The number of carbonyl (C=O) groups excluding carboxylic acids is 2. The molecule has 2 heterocycles. The van der Waals surface area contributed by atoms with E-state index < -0.39 is 22.7 Å². The first kappa shape index (κ1) is 22.3. The van der Waals surface area contributed by atoms with Crippen molar-refractivity contribution in [3.05, 3.63) is 69.3 Å². The average Bonchev–Trinajstić information content (AvgIpc) is 3.06. The van der Waals surface area contributed by atoms with E-state index in [1.54, 1.807) is 24.3 Å². The molecule has 2 aromatic rings. The number of aliphatic hydroxyl groups excluding tert-OH is 1. The lowest BCUT2D eigenvalue weighted by Gasteiger charge is -2.26. The molecular weight excluding hydrogens is 430 g/mol. The van der Waals surface area contributed by atoms with Crippen molar-refractivity contribution in [3.8, 4) is 11.5 Å². The summed E-state index contributed by atoms with van der Waals surface area (Å²) in [5, 5.41) is 22.5. The van der Waals surface area contributed by atoms with Crippen molar-refractivity contribution in [2.45, 2.75) is 6.04 Å². The van der Waals surface area contributed by atoms with Crippen LogP contribution >= 0.6 is 0 Å². The Balaban J connectivity index is 1.85. The smallest absolute Gasteiger partial charge is 0.295 e. The topological polar surface area (TPSA) is 122 Å². The molecule has 172 valence electrons. The highest BCUT2D eigenvalue weighted by molar-refractivity contribution is 6.46. The van der Waals surface area contributed by atoms with Gasteiger partial charge in [-0.1, -0.05) is 12.1 Å². The van der Waals surface area contributed by atoms with Crippen LogP contribution in [-0.2, 0) is 9.59 Å². The summed E-state index contributed by atoms with van der Waals surface area (Å²) in [6.07, 6.45) is 0. The largest absolute Gasteiger partial charge is 0.507 e. The zero-order chi connectivity index (χ0) is 23.7. The Morgan fingerprint density at radius 3 is 2.58 bits per heavy atom. The van der Waals surface area contributed by atoms with Gasteiger partial charge in [-0.3, -0.25) is 19.7 Å². The number of ketones is 1. The second kappa shape index (κ2) is 8.91. The third-order valence-electron chi connectivity index (χ3n) is 5.54. The van der Waals surface area contributed by atoms with Crippen LogP contribution < -0.4 is 9.47 Å². The summed E-state index contributed by atoms with van der Waals surface area (Å²) in [6.45, 7) is 1.41. The monoisotopic (exact) mass is 453 g/mol. The Hall–Kier alpha value is -3.92. The molecule has 2 aromatic carbocycles. The summed E-state index contributed by atoms with van der Waals surface area (Å²) in [5.41, 5.74) is 0.336. The number of nitro benzene ring substituents is 1. The maximum absolute atomic E-state index is 13.1. The number of carbonyl (C=O) groups is 2. The Morgan fingerprint density at radius 1 is 1.15 bits per heavy atom. The van der Waals surface area contributed by atoms with E-state index in [9.17, 15) is 24.8 Å². The number of nitrogens with zero attached hydrogens (tertiary/aromatic N) is 3. The van der Waals surface area contributed by atoms with Crippen LogP contribution in [0.2, 0.25) is 0 Å². The van der Waals surface area contributed by atoms with Gasteiger partial charge in [-0.2, -0.15) is 0 Å². The lowest BCUT2D eigenvalue weighted by Crippen LogP contribution is -2.35. The van der Waals surface area contributed by atoms with Gasteiger partial charge in [-0.15, -0.1) is 0 Å². The van der Waals surface area contributed by atoms with Gasteiger partial charge in [0, 0.05) is 30.8 Å². The van der Waals surface area contributed by atoms with Crippen LogP contribution in [0.25, 0.3) is 5.76 Å². The fourth-order valence-corrected chi connectivity index (χ4v) is 3.92. The van der Waals surface area contributed by atoms with Gasteiger partial charge in [0.2, 0.25) is 0 Å². The van der Waals surface area contributed by atoms with Crippen molar-refractivity contribution in [3.63, 3.8) is 0 Å². The number of nitro groups is 1. The first-order chi connectivity index (χ1) is 15.8. The molecule has 10 nitrogen and oxygen atoms in total. The van der Waals surface area contributed by atoms with Crippen molar-refractivity contribution >= 4 is 23.1 Å². The fraction of sp³-hybridized carbons (Fsp3) is 0.304. The summed E-state index contributed by atoms with van der Waals surface area (Å²) in [6, 6.07) is 9.49. The Kier molecular flexibility index (Phi) is 6.01. The number of benzene rings is 2. The standard InChI is InChI=1S/C23H23N3O7/c1-24(2)8-9-25-20(14-4-3-5-16(12-14)26(30)31)19(22(28)23(25)29)21(27)15-6-7-17-18(13-15)33-11-10-32-17/h3-7,12-13,20,27H,8-11H2,1-2H3/b21-19+. The third-order valence-corrected chi connectivity index (χ3v) is 5.54. The van der Waals surface area contributed by atoms with Gasteiger partial charge in [-0.05, 0) is 37.9 Å². The third kappa shape index (κ3) is 4.24. The van der Waals surface area contributed by atoms with E-state index >= 15 is 0 Å². The van der Waals surface area contributed by atoms with Crippen LogP contribution in [0.5, 0.6) is 11.5 Å². The van der Waals surface area contributed by atoms with Crippen LogP contribution in [0.1, 0.15) is 17.2 Å². The molecule has 4 rings (SSSR count). The van der Waals surface area contributed by atoms with E-state index in [2.05, 4.69) is 0 Å². The number of likely N-dealkylation sites (tertiary alicyclic amines) is 1. The molecule has 0 saturated carbocycles. The van der Waals surface area contributed by atoms with E-state index in [1.807, 2.05) is 19.0 Å². The van der Waals surface area contributed by atoms with Gasteiger partial charge in [0.05, 0.1) is 16.5 Å². The zero-order valence-electron chi connectivity index (χ0n) is 18.2. The number of rotatable bonds is 6. The first-order valence-electron chi connectivity index (χ1n) is 10.4. The van der Waals surface area contributed by atoms with Crippen LogP contribution in [-0.4, -0.2) is 71.9 Å². The van der Waals surface area contributed by atoms with Crippen LogP contribution in [0.15, 0.2) is 48.0 Å². The zero-order valence-corrected chi connectivity index (χ0v) is 18.2. The average molecular weight is 453 g/mol. The Bertz CT molecular complexity index is 1160. The maximum Gasteiger partial charge on any atom is 0.295 e. The summed E-state index contributed by atoms with van der Waals surface area (Å²) < 4.78 is 11.1. The van der Waals surface area contributed by atoms with Crippen molar-refractivity contribution in [2.24, 2.45) is 0 Å². The molecule has 2 aliphatic rings. The highest BCUT2D eigenvalue weighted by atomic mass is 16.6. The molecule has 0 radical (unpaired) electrons. The Morgan fingerprint density at radius 2 is 1.88 bits per heavy atom. The second-order valence-corrected chi connectivity index (χ2v) is 8.01. The molecule has 1 unspecified atom stereocenters. The van der Waals surface area contributed by atoms with Crippen LogP contribution in [0, 0.1) is 10.1 Å². The predicted molar refractivity (Wildman–Crippen MR) is 118 cm³/mol. The minimum atomic E-state index is -0.974. The number of ether oxygens (including phenoxy) is 2. The molecule has 1 N–H and O–H groups in total. The molecule has 2 aliphatic heterocycles. The summed E-state index contributed by atoms with van der Waals surface area (Å²) in [7, 11) is 3.66. The van der Waals surface area contributed by atoms with Crippen LogP contribution in [0.3, 0.4) is 0 Å². The second-order valence-electron chi connectivity index (χ2n) is 8.01.